The minimum absolute atomic E-state index is 0.194. The Morgan fingerprint density at radius 3 is 1.38 bits per heavy atom. The van der Waals surface area contributed by atoms with E-state index in [-0.39, 0.29) is 23.9 Å². The molecule has 6 nitrogen and oxygen atoms in total. The summed E-state index contributed by atoms with van der Waals surface area (Å²) in [6.07, 6.45) is 0. The van der Waals surface area contributed by atoms with Crippen molar-refractivity contribution in [2.45, 2.75) is 25.9 Å². The van der Waals surface area contributed by atoms with Gasteiger partial charge in [0.2, 0.25) is 0 Å². The molecule has 0 aliphatic carbocycles. The van der Waals surface area contributed by atoms with Crippen molar-refractivity contribution in [3.05, 3.63) is 95.1 Å². The van der Waals surface area contributed by atoms with Crippen molar-refractivity contribution in [1.29, 1.82) is 0 Å². The van der Waals surface area contributed by atoms with Crippen LogP contribution in [0.2, 0.25) is 0 Å². The van der Waals surface area contributed by atoms with Crippen LogP contribution in [0.15, 0.2) is 72.8 Å². The van der Waals surface area contributed by atoms with Crippen molar-refractivity contribution in [2.75, 3.05) is 14.2 Å². The second-order valence-electron chi connectivity index (χ2n) is 7.52. The van der Waals surface area contributed by atoms with Crippen molar-refractivity contribution in [3.8, 4) is 11.5 Å². The van der Waals surface area contributed by atoms with E-state index in [0.717, 1.165) is 22.6 Å². The summed E-state index contributed by atoms with van der Waals surface area (Å²) in [5, 5.41) is 5.94. The maximum Gasteiger partial charge on any atom is 0.251 e. The molecule has 3 aromatic rings. The first kappa shape index (κ1) is 22.9. The van der Waals surface area contributed by atoms with Crippen LogP contribution in [0, 0.1) is 0 Å². The molecular formula is C26H28N2O4. The third kappa shape index (κ3) is 5.66. The Hall–Kier alpha value is -3.80. The number of carbonyl (C=O) groups excluding carboxylic acids is 2. The van der Waals surface area contributed by atoms with Crippen molar-refractivity contribution in [3.63, 3.8) is 0 Å². The Morgan fingerprint density at radius 2 is 1.03 bits per heavy atom. The van der Waals surface area contributed by atoms with Gasteiger partial charge in [0.05, 0.1) is 26.3 Å². The van der Waals surface area contributed by atoms with Crippen LogP contribution in [0.4, 0.5) is 0 Å². The third-order valence-corrected chi connectivity index (χ3v) is 5.31. The molecule has 32 heavy (non-hydrogen) atoms. The van der Waals surface area contributed by atoms with Crippen molar-refractivity contribution in [2.24, 2.45) is 0 Å². The Kier molecular flexibility index (Phi) is 7.49. The fourth-order valence-electron chi connectivity index (χ4n) is 3.31. The Labute approximate surface area is 188 Å². The average Bonchev–Trinajstić information content (AvgIpc) is 2.84. The Balaban J connectivity index is 1.65. The van der Waals surface area contributed by atoms with Crippen LogP contribution >= 0.6 is 0 Å². The Bertz CT molecular complexity index is 979. The molecule has 0 saturated carbocycles. The predicted octanol–water partition coefficient (Wildman–Crippen LogP) is 4.69. The van der Waals surface area contributed by atoms with Crippen LogP contribution in [0.3, 0.4) is 0 Å². The fourth-order valence-corrected chi connectivity index (χ4v) is 3.31. The predicted molar refractivity (Wildman–Crippen MR) is 124 cm³/mol. The first-order valence-electron chi connectivity index (χ1n) is 10.4. The molecule has 2 atom stereocenters. The molecule has 2 amide bonds. The van der Waals surface area contributed by atoms with E-state index in [4.69, 9.17) is 9.47 Å². The number of methoxy groups -OCH3 is 2. The molecule has 0 fully saturated rings. The monoisotopic (exact) mass is 432 g/mol. The van der Waals surface area contributed by atoms with Gasteiger partial charge < -0.3 is 20.1 Å². The first-order chi connectivity index (χ1) is 15.4. The topological polar surface area (TPSA) is 76.7 Å². The van der Waals surface area contributed by atoms with Crippen molar-refractivity contribution >= 4 is 11.8 Å². The van der Waals surface area contributed by atoms with E-state index >= 15 is 0 Å². The molecule has 0 aliphatic heterocycles. The lowest BCUT2D eigenvalue weighted by atomic mass is 10.1. The van der Waals surface area contributed by atoms with Crippen LogP contribution in [0.1, 0.15) is 57.8 Å². The van der Waals surface area contributed by atoms with Crippen LogP contribution in [0.5, 0.6) is 11.5 Å². The SMILES string of the molecule is COc1ccc([C@H](C)NC(=O)c2cccc(C(=O)N[C@@H](C)c3ccc(OC)cc3)c2)cc1. The number of ether oxygens (including phenoxy) is 2. The lowest BCUT2D eigenvalue weighted by molar-refractivity contribution is 0.0939. The summed E-state index contributed by atoms with van der Waals surface area (Å²) in [5.74, 6) is 1.03. The summed E-state index contributed by atoms with van der Waals surface area (Å²) in [4.78, 5) is 25.5. The maximum absolute atomic E-state index is 12.8. The summed E-state index contributed by atoms with van der Waals surface area (Å²) in [5.41, 5.74) is 2.77. The van der Waals surface area contributed by atoms with E-state index in [0.29, 0.717) is 11.1 Å². The zero-order valence-electron chi connectivity index (χ0n) is 18.7. The molecule has 166 valence electrons. The zero-order chi connectivity index (χ0) is 23.1. The highest BCUT2D eigenvalue weighted by molar-refractivity contribution is 5.99. The number of rotatable bonds is 8. The Morgan fingerprint density at radius 1 is 0.656 bits per heavy atom. The summed E-state index contributed by atoms with van der Waals surface area (Å²) in [7, 11) is 3.22. The van der Waals surface area contributed by atoms with Gasteiger partial charge in [0.15, 0.2) is 0 Å². The number of nitrogens with one attached hydrogen (secondary N) is 2. The van der Waals surface area contributed by atoms with E-state index in [9.17, 15) is 9.59 Å². The molecule has 0 radical (unpaired) electrons. The lowest BCUT2D eigenvalue weighted by Gasteiger charge is -2.16. The summed E-state index contributed by atoms with van der Waals surface area (Å²) < 4.78 is 10.3. The second kappa shape index (κ2) is 10.5. The minimum atomic E-state index is -0.244. The molecule has 0 aromatic heterocycles. The van der Waals surface area contributed by atoms with Crippen molar-refractivity contribution in [1.82, 2.24) is 10.6 Å². The molecule has 0 saturated heterocycles. The van der Waals surface area contributed by atoms with Gasteiger partial charge in [-0.25, -0.2) is 0 Å². The van der Waals surface area contributed by atoms with Crippen LogP contribution in [0.25, 0.3) is 0 Å². The van der Waals surface area contributed by atoms with Gasteiger partial charge in [0.25, 0.3) is 11.8 Å². The standard InChI is InChI=1S/C26H28N2O4/c1-17(19-8-12-23(31-3)13-9-19)27-25(29)21-6-5-7-22(16-21)26(30)28-18(2)20-10-14-24(32-4)15-11-20/h5-18H,1-4H3,(H,27,29)(H,28,30)/t17-,18-/m0/s1. The highest BCUT2D eigenvalue weighted by atomic mass is 16.5. The van der Waals surface area contributed by atoms with E-state index in [1.165, 1.54) is 0 Å². The van der Waals surface area contributed by atoms with Gasteiger partial charge in [-0.15, -0.1) is 0 Å². The zero-order valence-corrected chi connectivity index (χ0v) is 18.7. The normalized spacial score (nSPS) is 12.4. The summed E-state index contributed by atoms with van der Waals surface area (Å²) >= 11 is 0. The molecule has 0 heterocycles. The van der Waals surface area contributed by atoms with Crippen LogP contribution in [-0.2, 0) is 0 Å². The van der Waals surface area contributed by atoms with Gasteiger partial charge in [-0.05, 0) is 67.4 Å². The summed E-state index contributed by atoms with van der Waals surface area (Å²) in [6.45, 7) is 3.82. The molecule has 0 bridgehead atoms. The number of hydrogen-bond acceptors (Lipinski definition) is 4. The molecule has 6 heteroatoms. The van der Waals surface area contributed by atoms with Gasteiger partial charge in [-0.3, -0.25) is 9.59 Å². The van der Waals surface area contributed by atoms with E-state index in [1.54, 1.807) is 38.5 Å². The molecule has 0 spiro atoms. The molecule has 3 rings (SSSR count). The minimum Gasteiger partial charge on any atom is -0.497 e. The molecule has 0 aliphatic rings. The highest BCUT2D eigenvalue weighted by Crippen LogP contribution is 2.19. The largest absolute Gasteiger partial charge is 0.497 e. The maximum atomic E-state index is 12.8. The van der Waals surface area contributed by atoms with Crippen LogP contribution in [-0.4, -0.2) is 26.0 Å². The smallest absolute Gasteiger partial charge is 0.251 e. The number of carbonyl (C=O) groups is 2. The van der Waals surface area contributed by atoms with Crippen molar-refractivity contribution < 1.29 is 19.1 Å². The number of hydrogen-bond donors (Lipinski definition) is 2. The second-order valence-corrected chi connectivity index (χ2v) is 7.52. The van der Waals surface area contributed by atoms with Gasteiger partial charge >= 0.3 is 0 Å². The molecule has 3 aromatic carbocycles. The fraction of sp³-hybridized carbons (Fsp3) is 0.231. The molecule has 0 unspecified atom stereocenters. The highest BCUT2D eigenvalue weighted by Gasteiger charge is 2.16. The summed E-state index contributed by atoms with van der Waals surface area (Å²) in [6, 6.07) is 21.4. The lowest BCUT2D eigenvalue weighted by Crippen LogP contribution is -2.28. The van der Waals surface area contributed by atoms with E-state index in [2.05, 4.69) is 10.6 Å². The average molecular weight is 433 g/mol. The van der Waals surface area contributed by atoms with Gasteiger partial charge in [0, 0.05) is 11.1 Å². The van der Waals surface area contributed by atoms with Gasteiger partial charge in [-0.2, -0.15) is 0 Å². The number of amides is 2. The van der Waals surface area contributed by atoms with Gasteiger partial charge in [0.1, 0.15) is 11.5 Å². The van der Waals surface area contributed by atoms with Crippen LogP contribution < -0.4 is 20.1 Å². The number of benzene rings is 3. The molecule has 2 N–H and O–H groups in total. The first-order valence-corrected chi connectivity index (χ1v) is 10.4. The van der Waals surface area contributed by atoms with E-state index < -0.39 is 0 Å². The molecular weight excluding hydrogens is 404 g/mol. The van der Waals surface area contributed by atoms with E-state index in [1.807, 2.05) is 62.4 Å². The van der Waals surface area contributed by atoms with Gasteiger partial charge in [-0.1, -0.05) is 30.3 Å². The third-order valence-electron chi connectivity index (χ3n) is 5.31. The quantitative estimate of drug-likeness (QED) is 0.542.